The molecule has 0 unspecified atom stereocenters. The van der Waals surface area contributed by atoms with E-state index >= 15 is 0 Å². The van der Waals surface area contributed by atoms with Gasteiger partial charge in [0.2, 0.25) is 9.84 Å². The van der Waals surface area contributed by atoms with Crippen molar-refractivity contribution in [3.8, 4) is 11.8 Å². The first-order chi connectivity index (χ1) is 11.6. The van der Waals surface area contributed by atoms with Gasteiger partial charge in [-0.3, -0.25) is 0 Å². The molecular weight excluding hydrogens is 322 g/mol. The van der Waals surface area contributed by atoms with Crippen molar-refractivity contribution in [1.29, 1.82) is 5.26 Å². The Morgan fingerprint density at radius 2 is 1.79 bits per heavy atom. The normalized spacial score (nSPS) is 11.8. The topological polar surface area (TPSA) is 67.2 Å². The minimum absolute atomic E-state index is 0.109. The summed E-state index contributed by atoms with van der Waals surface area (Å²) in [5.41, 5.74) is 0.633. The predicted molar refractivity (Wildman–Crippen MR) is 94.1 cm³/mol. The number of ether oxygens (including phenoxy) is 1. The molecule has 0 aromatic heterocycles. The van der Waals surface area contributed by atoms with E-state index in [9.17, 15) is 13.7 Å². The van der Waals surface area contributed by atoms with Gasteiger partial charge in [-0.2, -0.15) is 5.26 Å². The molecule has 124 valence electrons. The van der Waals surface area contributed by atoms with Gasteiger partial charge in [0.25, 0.3) is 0 Å². The van der Waals surface area contributed by atoms with Crippen LogP contribution in [0.4, 0.5) is 0 Å². The first-order valence-electron chi connectivity index (χ1n) is 7.72. The standard InChI is InChI=1S/C19H19NO3S/c1-2-3-13-23-17-11-9-16(10-12-17)14-19(15-20)24(21,22)18-7-5-4-6-8-18/h4-12,14H,2-3,13H2,1H3/b19-14+. The van der Waals surface area contributed by atoms with E-state index in [-0.39, 0.29) is 9.80 Å². The Bertz CT molecular complexity index is 832. The van der Waals surface area contributed by atoms with Crippen molar-refractivity contribution in [2.24, 2.45) is 0 Å². The van der Waals surface area contributed by atoms with Gasteiger partial charge in [0.15, 0.2) is 0 Å². The molecule has 0 spiro atoms. The second-order valence-electron chi connectivity index (χ2n) is 5.21. The van der Waals surface area contributed by atoms with Crippen LogP contribution in [-0.2, 0) is 9.84 Å². The summed E-state index contributed by atoms with van der Waals surface area (Å²) < 4.78 is 30.6. The summed E-state index contributed by atoms with van der Waals surface area (Å²) in [6.07, 6.45) is 3.41. The third-order valence-electron chi connectivity index (χ3n) is 3.40. The largest absolute Gasteiger partial charge is 0.494 e. The molecule has 0 N–H and O–H groups in total. The lowest BCUT2D eigenvalue weighted by atomic mass is 10.2. The molecule has 2 rings (SSSR count). The van der Waals surface area contributed by atoms with E-state index < -0.39 is 9.84 Å². The number of sulfone groups is 1. The van der Waals surface area contributed by atoms with Crippen LogP contribution in [0.3, 0.4) is 0 Å². The van der Waals surface area contributed by atoms with Crippen LogP contribution in [0, 0.1) is 11.3 Å². The van der Waals surface area contributed by atoms with Crippen molar-refractivity contribution in [2.45, 2.75) is 24.7 Å². The fourth-order valence-corrected chi connectivity index (χ4v) is 3.22. The van der Waals surface area contributed by atoms with Crippen LogP contribution in [0.2, 0.25) is 0 Å². The molecule has 0 aliphatic rings. The van der Waals surface area contributed by atoms with Crippen LogP contribution in [-0.4, -0.2) is 15.0 Å². The fourth-order valence-electron chi connectivity index (χ4n) is 2.04. The maximum Gasteiger partial charge on any atom is 0.216 e. The highest BCUT2D eigenvalue weighted by Gasteiger charge is 2.20. The quantitative estimate of drug-likeness (QED) is 0.559. The highest BCUT2D eigenvalue weighted by Crippen LogP contribution is 2.22. The van der Waals surface area contributed by atoms with Crippen molar-refractivity contribution in [2.75, 3.05) is 6.61 Å². The van der Waals surface area contributed by atoms with Crippen molar-refractivity contribution >= 4 is 15.9 Å². The summed E-state index contributed by atoms with van der Waals surface area (Å²) in [6, 6.07) is 16.7. The summed E-state index contributed by atoms with van der Waals surface area (Å²) in [5, 5.41) is 9.26. The molecule has 0 atom stereocenters. The Labute approximate surface area is 142 Å². The van der Waals surface area contributed by atoms with E-state index in [0.717, 1.165) is 18.6 Å². The molecule has 0 bridgehead atoms. The molecule has 24 heavy (non-hydrogen) atoms. The maximum absolute atomic E-state index is 12.5. The van der Waals surface area contributed by atoms with Gasteiger partial charge in [-0.15, -0.1) is 0 Å². The van der Waals surface area contributed by atoms with Crippen LogP contribution in [0.15, 0.2) is 64.4 Å². The molecule has 4 nitrogen and oxygen atoms in total. The van der Waals surface area contributed by atoms with Gasteiger partial charge >= 0.3 is 0 Å². The first kappa shape index (κ1) is 17.8. The SMILES string of the molecule is CCCCOc1ccc(/C=C(\C#N)S(=O)(=O)c2ccccc2)cc1. The molecule has 2 aromatic rings. The molecule has 2 aromatic carbocycles. The van der Waals surface area contributed by atoms with Crippen LogP contribution < -0.4 is 4.74 Å². The minimum Gasteiger partial charge on any atom is -0.494 e. The van der Waals surface area contributed by atoms with E-state index in [1.54, 1.807) is 48.5 Å². The smallest absolute Gasteiger partial charge is 0.216 e. The van der Waals surface area contributed by atoms with Crippen molar-refractivity contribution in [3.05, 3.63) is 65.1 Å². The summed E-state index contributed by atoms with van der Waals surface area (Å²) in [5.74, 6) is 0.727. The number of allylic oxidation sites excluding steroid dienone is 1. The zero-order chi connectivity index (χ0) is 17.4. The summed E-state index contributed by atoms with van der Waals surface area (Å²) >= 11 is 0. The van der Waals surface area contributed by atoms with Gasteiger partial charge in [0.1, 0.15) is 16.7 Å². The van der Waals surface area contributed by atoms with Crippen LogP contribution >= 0.6 is 0 Å². The molecule has 0 saturated carbocycles. The van der Waals surface area contributed by atoms with Gasteiger partial charge in [-0.25, -0.2) is 8.42 Å². The first-order valence-corrected chi connectivity index (χ1v) is 9.21. The lowest BCUT2D eigenvalue weighted by Crippen LogP contribution is -2.03. The second kappa shape index (κ2) is 8.32. The zero-order valence-corrected chi connectivity index (χ0v) is 14.3. The number of nitrogens with zero attached hydrogens (tertiary/aromatic N) is 1. The molecule has 0 saturated heterocycles. The molecular formula is C19H19NO3S. The third kappa shape index (κ3) is 4.46. The molecule has 0 heterocycles. The lowest BCUT2D eigenvalue weighted by Gasteiger charge is -2.06. The molecule has 0 radical (unpaired) electrons. The van der Waals surface area contributed by atoms with E-state index in [2.05, 4.69) is 6.92 Å². The third-order valence-corrected chi connectivity index (χ3v) is 5.08. The van der Waals surface area contributed by atoms with Crippen molar-refractivity contribution in [3.63, 3.8) is 0 Å². The number of benzene rings is 2. The van der Waals surface area contributed by atoms with Gasteiger partial charge in [-0.1, -0.05) is 43.7 Å². The van der Waals surface area contributed by atoms with E-state index in [1.807, 2.05) is 0 Å². The average molecular weight is 341 g/mol. The maximum atomic E-state index is 12.5. The molecule has 0 aliphatic carbocycles. The van der Waals surface area contributed by atoms with Gasteiger partial charge < -0.3 is 4.74 Å². The van der Waals surface area contributed by atoms with Crippen molar-refractivity contribution in [1.82, 2.24) is 0 Å². The number of rotatable bonds is 7. The summed E-state index contributed by atoms with van der Waals surface area (Å²) in [7, 11) is -3.81. The summed E-state index contributed by atoms with van der Waals surface area (Å²) in [6.45, 7) is 2.74. The Balaban J connectivity index is 2.23. The van der Waals surface area contributed by atoms with Crippen LogP contribution in [0.5, 0.6) is 5.75 Å². The predicted octanol–water partition coefficient (Wildman–Crippen LogP) is 4.20. The Morgan fingerprint density at radius 3 is 2.38 bits per heavy atom. The van der Waals surface area contributed by atoms with Gasteiger partial charge in [0.05, 0.1) is 11.5 Å². The van der Waals surface area contributed by atoms with Crippen LogP contribution in [0.1, 0.15) is 25.3 Å². The number of unbranched alkanes of at least 4 members (excludes halogenated alkanes) is 1. The molecule has 0 fully saturated rings. The lowest BCUT2D eigenvalue weighted by molar-refractivity contribution is 0.309. The van der Waals surface area contributed by atoms with E-state index in [0.29, 0.717) is 12.2 Å². The highest BCUT2D eigenvalue weighted by atomic mass is 32.2. The Kier molecular flexibility index (Phi) is 6.16. The number of hydrogen-bond acceptors (Lipinski definition) is 4. The summed E-state index contributed by atoms with van der Waals surface area (Å²) in [4.78, 5) is -0.175. The number of nitriles is 1. The Morgan fingerprint density at radius 1 is 1.12 bits per heavy atom. The monoisotopic (exact) mass is 341 g/mol. The minimum atomic E-state index is -3.81. The van der Waals surface area contributed by atoms with E-state index in [4.69, 9.17) is 4.74 Å². The van der Waals surface area contributed by atoms with E-state index in [1.165, 1.54) is 18.2 Å². The average Bonchev–Trinajstić information content (AvgIpc) is 2.61. The van der Waals surface area contributed by atoms with Gasteiger partial charge in [0, 0.05) is 0 Å². The second-order valence-corrected chi connectivity index (χ2v) is 7.13. The number of hydrogen-bond donors (Lipinski definition) is 0. The Hall–Kier alpha value is -2.58. The fraction of sp³-hybridized carbons (Fsp3) is 0.211. The molecule has 0 amide bonds. The van der Waals surface area contributed by atoms with Crippen LogP contribution in [0.25, 0.3) is 6.08 Å². The van der Waals surface area contributed by atoms with Crippen molar-refractivity contribution < 1.29 is 13.2 Å². The molecule has 5 heteroatoms. The molecule has 0 aliphatic heterocycles. The highest BCUT2D eigenvalue weighted by molar-refractivity contribution is 7.95. The van der Waals surface area contributed by atoms with Gasteiger partial charge in [-0.05, 0) is 42.3 Å². The zero-order valence-electron chi connectivity index (χ0n) is 13.5.